The molecule has 0 saturated heterocycles. The molecule has 4 nitrogen and oxygen atoms in total. The minimum atomic E-state index is 0.0491. The third-order valence-electron chi connectivity index (χ3n) is 5.26. The van der Waals surface area contributed by atoms with E-state index in [1.807, 2.05) is 35.7 Å². The van der Waals surface area contributed by atoms with E-state index in [0.717, 1.165) is 33.2 Å². The van der Waals surface area contributed by atoms with Crippen molar-refractivity contribution in [3.8, 4) is 11.3 Å². The zero-order chi connectivity index (χ0) is 17.4. The third kappa shape index (κ3) is 3.09. The number of amides is 1. The second-order valence-electron chi connectivity index (χ2n) is 7.00. The molecule has 1 fully saturated rings. The van der Waals surface area contributed by atoms with Gasteiger partial charge >= 0.3 is 0 Å². The molecule has 2 aromatic heterocycles. The summed E-state index contributed by atoms with van der Waals surface area (Å²) < 4.78 is 2.03. The summed E-state index contributed by atoms with van der Waals surface area (Å²) in [6, 6.07) is 10.4. The van der Waals surface area contributed by atoms with Crippen molar-refractivity contribution in [2.75, 3.05) is 0 Å². The number of rotatable bonds is 3. The van der Waals surface area contributed by atoms with E-state index in [4.69, 9.17) is 4.98 Å². The van der Waals surface area contributed by atoms with Crippen LogP contribution < -0.4 is 5.32 Å². The van der Waals surface area contributed by atoms with Gasteiger partial charge in [0.1, 0.15) is 4.88 Å². The van der Waals surface area contributed by atoms with Gasteiger partial charge in [-0.15, -0.1) is 0 Å². The summed E-state index contributed by atoms with van der Waals surface area (Å²) in [4.78, 5) is 19.1. The van der Waals surface area contributed by atoms with Gasteiger partial charge in [-0.1, -0.05) is 61.4 Å². The van der Waals surface area contributed by atoms with E-state index < -0.39 is 0 Å². The molecular weight excluding hydrogens is 330 g/mol. The maximum Gasteiger partial charge on any atom is 0.263 e. The van der Waals surface area contributed by atoms with Crippen molar-refractivity contribution in [3.63, 3.8) is 0 Å². The number of carbonyl (C=O) groups is 1. The molecule has 130 valence electrons. The Labute approximate surface area is 151 Å². The fourth-order valence-corrected chi connectivity index (χ4v) is 4.69. The predicted molar refractivity (Wildman–Crippen MR) is 102 cm³/mol. The summed E-state index contributed by atoms with van der Waals surface area (Å²) in [5, 5.41) is 3.25. The Morgan fingerprint density at radius 2 is 2.00 bits per heavy atom. The minimum Gasteiger partial charge on any atom is -0.348 e. The van der Waals surface area contributed by atoms with Crippen LogP contribution in [-0.2, 0) is 0 Å². The Morgan fingerprint density at radius 1 is 1.24 bits per heavy atom. The number of hydrogen-bond acceptors (Lipinski definition) is 3. The molecule has 1 N–H and O–H groups in total. The highest BCUT2D eigenvalue weighted by molar-refractivity contribution is 7.19. The Morgan fingerprint density at radius 3 is 2.72 bits per heavy atom. The first-order chi connectivity index (χ1) is 12.1. The van der Waals surface area contributed by atoms with Crippen LogP contribution >= 0.6 is 11.3 Å². The SMILES string of the molecule is Cc1c(C(=O)NC2CCCCC2C)sc2nc(-c3ccccc3)cn12. The standard InChI is InChI=1S/C20H23N3OS/c1-13-8-6-7-11-16(13)21-19(24)18-14(2)23-12-17(22-20(23)25-18)15-9-4-3-5-10-15/h3-5,9-10,12-13,16H,6-8,11H2,1-2H3,(H,21,24). The van der Waals surface area contributed by atoms with Gasteiger partial charge in [-0.3, -0.25) is 9.20 Å². The Bertz CT molecular complexity index is 896. The molecule has 2 heterocycles. The van der Waals surface area contributed by atoms with Crippen LogP contribution in [0.5, 0.6) is 0 Å². The number of nitrogens with one attached hydrogen (secondary N) is 1. The largest absolute Gasteiger partial charge is 0.348 e. The van der Waals surface area contributed by atoms with Crippen LogP contribution in [-0.4, -0.2) is 21.3 Å². The van der Waals surface area contributed by atoms with Crippen LogP contribution in [0.3, 0.4) is 0 Å². The van der Waals surface area contributed by atoms with E-state index in [-0.39, 0.29) is 5.91 Å². The number of nitrogens with zero attached hydrogens (tertiary/aromatic N) is 2. The molecule has 1 aliphatic carbocycles. The molecule has 2 atom stereocenters. The van der Waals surface area contributed by atoms with Gasteiger partial charge < -0.3 is 5.32 Å². The Hall–Kier alpha value is -2.14. The van der Waals surface area contributed by atoms with Gasteiger partial charge in [-0.25, -0.2) is 4.98 Å². The molecule has 0 radical (unpaired) electrons. The zero-order valence-corrected chi connectivity index (χ0v) is 15.5. The van der Waals surface area contributed by atoms with Crippen molar-refractivity contribution in [1.29, 1.82) is 0 Å². The summed E-state index contributed by atoms with van der Waals surface area (Å²) in [7, 11) is 0. The lowest BCUT2D eigenvalue weighted by Crippen LogP contribution is -2.41. The first-order valence-corrected chi connectivity index (χ1v) is 9.80. The predicted octanol–water partition coefficient (Wildman–Crippen LogP) is 4.68. The van der Waals surface area contributed by atoms with Crippen molar-refractivity contribution in [2.45, 2.75) is 45.6 Å². The minimum absolute atomic E-state index is 0.0491. The van der Waals surface area contributed by atoms with Crippen molar-refractivity contribution in [1.82, 2.24) is 14.7 Å². The molecule has 0 aliphatic heterocycles. The topological polar surface area (TPSA) is 46.4 Å². The molecule has 2 unspecified atom stereocenters. The first-order valence-electron chi connectivity index (χ1n) is 8.98. The van der Waals surface area contributed by atoms with Crippen molar-refractivity contribution < 1.29 is 4.79 Å². The lowest BCUT2D eigenvalue weighted by molar-refractivity contribution is 0.0913. The number of thiazole rings is 1. The van der Waals surface area contributed by atoms with Crippen LogP contribution in [0.2, 0.25) is 0 Å². The summed E-state index contributed by atoms with van der Waals surface area (Å²) in [5.41, 5.74) is 3.01. The highest BCUT2D eigenvalue weighted by Gasteiger charge is 2.25. The van der Waals surface area contributed by atoms with Crippen molar-refractivity contribution in [3.05, 3.63) is 47.1 Å². The van der Waals surface area contributed by atoms with Crippen molar-refractivity contribution >= 4 is 22.2 Å². The van der Waals surface area contributed by atoms with Gasteiger partial charge in [0.2, 0.25) is 0 Å². The monoisotopic (exact) mass is 353 g/mol. The average Bonchev–Trinajstić information content (AvgIpc) is 3.17. The van der Waals surface area contributed by atoms with E-state index in [2.05, 4.69) is 24.4 Å². The number of fused-ring (bicyclic) bond motifs is 1. The van der Waals surface area contributed by atoms with E-state index in [0.29, 0.717) is 12.0 Å². The number of aromatic nitrogens is 2. The highest BCUT2D eigenvalue weighted by Crippen LogP contribution is 2.28. The first kappa shape index (κ1) is 16.3. The molecule has 0 spiro atoms. The van der Waals surface area contributed by atoms with Gasteiger partial charge in [0.25, 0.3) is 5.91 Å². The van der Waals surface area contributed by atoms with Crippen LogP contribution in [0, 0.1) is 12.8 Å². The molecule has 0 bridgehead atoms. The fourth-order valence-electron chi connectivity index (χ4n) is 3.67. The van der Waals surface area contributed by atoms with Gasteiger partial charge in [0, 0.05) is 23.5 Å². The van der Waals surface area contributed by atoms with Gasteiger partial charge in [-0.2, -0.15) is 0 Å². The fraction of sp³-hybridized carbons (Fsp3) is 0.400. The highest BCUT2D eigenvalue weighted by atomic mass is 32.1. The van der Waals surface area contributed by atoms with Crippen LogP contribution in [0.25, 0.3) is 16.2 Å². The Kier molecular flexibility index (Phi) is 4.34. The quantitative estimate of drug-likeness (QED) is 0.743. The maximum atomic E-state index is 12.8. The smallest absolute Gasteiger partial charge is 0.263 e. The van der Waals surface area contributed by atoms with Gasteiger partial charge in [0.05, 0.1) is 5.69 Å². The lowest BCUT2D eigenvalue weighted by Gasteiger charge is -2.29. The molecule has 1 aromatic carbocycles. The van der Waals surface area contributed by atoms with Gasteiger partial charge in [-0.05, 0) is 25.7 Å². The second-order valence-corrected chi connectivity index (χ2v) is 7.98. The normalized spacial score (nSPS) is 20.7. The Balaban J connectivity index is 1.59. The third-order valence-corrected chi connectivity index (χ3v) is 6.42. The number of carbonyl (C=O) groups excluding carboxylic acids is 1. The summed E-state index contributed by atoms with van der Waals surface area (Å²) >= 11 is 1.48. The number of aryl methyl sites for hydroxylation is 1. The van der Waals surface area contributed by atoms with Gasteiger partial charge in [0.15, 0.2) is 4.96 Å². The van der Waals surface area contributed by atoms with Crippen molar-refractivity contribution in [2.24, 2.45) is 5.92 Å². The molecule has 1 saturated carbocycles. The van der Waals surface area contributed by atoms with Crippen LogP contribution in [0.1, 0.15) is 48.0 Å². The van der Waals surface area contributed by atoms with E-state index in [9.17, 15) is 4.79 Å². The molecular formula is C20H23N3OS. The van der Waals surface area contributed by atoms with Crippen LogP contribution in [0.15, 0.2) is 36.5 Å². The molecule has 1 amide bonds. The zero-order valence-electron chi connectivity index (χ0n) is 14.7. The summed E-state index contributed by atoms with van der Waals surface area (Å²) in [6.45, 7) is 4.24. The maximum absolute atomic E-state index is 12.8. The second kappa shape index (κ2) is 6.64. The molecule has 4 rings (SSSR count). The molecule has 3 aromatic rings. The molecule has 25 heavy (non-hydrogen) atoms. The van der Waals surface area contributed by atoms with E-state index in [1.165, 1.54) is 30.6 Å². The summed E-state index contributed by atoms with van der Waals surface area (Å²) in [6.07, 6.45) is 6.81. The lowest BCUT2D eigenvalue weighted by atomic mass is 9.86. The number of imidazole rings is 1. The van der Waals surface area contributed by atoms with Crippen LogP contribution in [0.4, 0.5) is 0 Å². The molecule has 5 heteroatoms. The number of benzene rings is 1. The molecule has 1 aliphatic rings. The summed E-state index contributed by atoms with van der Waals surface area (Å²) in [5.74, 6) is 0.611. The van der Waals surface area contributed by atoms with E-state index >= 15 is 0 Å². The average molecular weight is 353 g/mol. The number of hydrogen-bond donors (Lipinski definition) is 1. The van der Waals surface area contributed by atoms with E-state index in [1.54, 1.807) is 0 Å².